The number of nitrogens with one attached hydrogen (secondary N) is 1. The summed E-state index contributed by atoms with van der Waals surface area (Å²) in [6.45, 7) is 0. The van der Waals surface area contributed by atoms with Crippen LogP contribution in [0.4, 0.5) is 0 Å². The zero-order valence-electron chi connectivity index (χ0n) is 7.36. The molecule has 0 aliphatic rings. The number of hydrogen-bond acceptors (Lipinski definition) is 3. The molecule has 0 saturated carbocycles. The van der Waals surface area contributed by atoms with Gasteiger partial charge in [-0.15, -0.1) is 0 Å². The van der Waals surface area contributed by atoms with E-state index >= 15 is 0 Å². The molecule has 0 spiro atoms. The fourth-order valence-electron chi connectivity index (χ4n) is 1.11. The average Bonchev–Trinajstić information content (AvgIpc) is 2.49. The highest BCUT2D eigenvalue weighted by atomic mass is 79.9. The Morgan fingerprint density at radius 3 is 2.93 bits per heavy atom. The molecule has 0 aliphatic heterocycles. The third kappa shape index (κ3) is 1.51. The van der Waals surface area contributed by atoms with Gasteiger partial charge in [0.15, 0.2) is 10.6 Å². The van der Waals surface area contributed by atoms with Gasteiger partial charge in [-0.25, -0.2) is 0 Å². The van der Waals surface area contributed by atoms with Crippen molar-refractivity contribution >= 4 is 28.1 Å². The fourth-order valence-corrected chi connectivity index (χ4v) is 1.67. The van der Waals surface area contributed by atoms with Crippen molar-refractivity contribution in [2.75, 3.05) is 0 Å². The highest BCUT2D eigenvalue weighted by molar-refractivity contribution is 9.10. The highest BCUT2D eigenvalue weighted by Gasteiger charge is 2.09. The summed E-state index contributed by atoms with van der Waals surface area (Å²) in [5.41, 5.74) is 0.780. The van der Waals surface area contributed by atoms with Gasteiger partial charge in [0.25, 0.3) is 0 Å². The zero-order chi connectivity index (χ0) is 10.1. The van der Waals surface area contributed by atoms with E-state index in [1.807, 2.05) is 19.2 Å². The Hall–Kier alpha value is -1.01. The lowest BCUT2D eigenvalue weighted by molar-refractivity contribution is 0.896. The van der Waals surface area contributed by atoms with E-state index < -0.39 is 0 Å². The van der Waals surface area contributed by atoms with Crippen LogP contribution in [0.1, 0.15) is 0 Å². The van der Waals surface area contributed by atoms with Crippen LogP contribution in [-0.4, -0.2) is 19.7 Å². The minimum absolute atomic E-state index is 0.581. The van der Waals surface area contributed by atoms with Crippen molar-refractivity contribution in [1.29, 1.82) is 0 Å². The molecule has 72 valence electrons. The maximum atomic E-state index is 5.02. The Bertz CT molecular complexity index is 516. The second-order valence-corrected chi connectivity index (χ2v) is 3.99. The number of hydrogen-bond donors (Lipinski definition) is 1. The molecule has 0 bridgehead atoms. The first-order valence-corrected chi connectivity index (χ1v) is 5.12. The Balaban J connectivity index is 2.66. The van der Waals surface area contributed by atoms with Crippen molar-refractivity contribution in [3.8, 4) is 11.5 Å². The van der Waals surface area contributed by atoms with E-state index in [0.717, 1.165) is 16.0 Å². The molecule has 1 N–H and O–H groups in total. The Labute approximate surface area is 94.1 Å². The highest BCUT2D eigenvalue weighted by Crippen LogP contribution is 2.22. The number of halogens is 1. The van der Waals surface area contributed by atoms with Gasteiger partial charge in [0.1, 0.15) is 5.69 Å². The molecule has 0 radical (unpaired) electrons. The minimum atomic E-state index is 0.581. The van der Waals surface area contributed by atoms with Crippen molar-refractivity contribution in [1.82, 2.24) is 19.7 Å². The van der Waals surface area contributed by atoms with E-state index in [4.69, 9.17) is 12.2 Å². The molecule has 2 heterocycles. The van der Waals surface area contributed by atoms with Crippen LogP contribution in [0, 0.1) is 4.77 Å². The van der Waals surface area contributed by atoms with Gasteiger partial charge in [-0.05, 0) is 40.3 Å². The van der Waals surface area contributed by atoms with Crippen LogP contribution in [0.5, 0.6) is 0 Å². The summed E-state index contributed by atoms with van der Waals surface area (Å²) < 4.78 is 3.26. The van der Waals surface area contributed by atoms with Crippen LogP contribution in [0.25, 0.3) is 11.5 Å². The van der Waals surface area contributed by atoms with E-state index in [9.17, 15) is 0 Å². The first-order valence-electron chi connectivity index (χ1n) is 3.92. The second kappa shape index (κ2) is 3.62. The number of pyridine rings is 1. The number of nitrogens with zero attached hydrogens (tertiary/aromatic N) is 3. The number of rotatable bonds is 1. The Morgan fingerprint density at radius 2 is 2.36 bits per heavy atom. The van der Waals surface area contributed by atoms with Crippen molar-refractivity contribution < 1.29 is 0 Å². The van der Waals surface area contributed by atoms with E-state index in [0.29, 0.717) is 4.77 Å². The summed E-state index contributed by atoms with van der Waals surface area (Å²) in [6, 6.07) is 3.77. The van der Waals surface area contributed by atoms with Crippen LogP contribution in [-0.2, 0) is 7.05 Å². The van der Waals surface area contributed by atoms with E-state index in [-0.39, 0.29) is 0 Å². The molecular weight excluding hydrogens is 264 g/mol. The molecule has 2 aromatic heterocycles. The van der Waals surface area contributed by atoms with Crippen LogP contribution < -0.4 is 0 Å². The fraction of sp³-hybridized carbons (Fsp3) is 0.125. The van der Waals surface area contributed by atoms with Gasteiger partial charge in [0.05, 0.1) is 0 Å². The van der Waals surface area contributed by atoms with E-state index in [2.05, 4.69) is 31.1 Å². The summed E-state index contributed by atoms with van der Waals surface area (Å²) in [5.74, 6) is 0.725. The largest absolute Gasteiger partial charge is 0.302 e. The van der Waals surface area contributed by atoms with Gasteiger partial charge in [-0.2, -0.15) is 5.10 Å². The molecular formula is C8H7BrN4S. The van der Waals surface area contributed by atoms with Gasteiger partial charge < -0.3 is 4.57 Å². The lowest BCUT2D eigenvalue weighted by Crippen LogP contribution is -1.95. The standard InChI is InChI=1S/C8H7BrN4S/c1-13-7(11-12-8(13)14)6-5(9)3-2-4-10-6/h2-4H,1H3,(H,12,14). The van der Waals surface area contributed by atoms with Crippen LogP contribution in [0.15, 0.2) is 22.8 Å². The Kier molecular flexibility index (Phi) is 2.47. The Morgan fingerprint density at radius 1 is 1.57 bits per heavy atom. The molecule has 6 heteroatoms. The van der Waals surface area contributed by atoms with Gasteiger partial charge in [0.2, 0.25) is 0 Å². The summed E-state index contributed by atoms with van der Waals surface area (Å²) in [7, 11) is 1.85. The number of aromatic amines is 1. The molecule has 0 atom stereocenters. The molecule has 4 nitrogen and oxygen atoms in total. The molecule has 0 saturated heterocycles. The molecule has 0 aromatic carbocycles. The number of H-pyrrole nitrogens is 1. The summed E-state index contributed by atoms with van der Waals surface area (Å²) >= 11 is 8.43. The SMILES string of the molecule is Cn1c(-c2ncccc2Br)n[nH]c1=S. The third-order valence-corrected chi connectivity index (χ3v) is 2.86. The first kappa shape index (κ1) is 9.54. The van der Waals surface area contributed by atoms with Crippen LogP contribution >= 0.6 is 28.1 Å². The third-order valence-electron chi connectivity index (χ3n) is 1.85. The monoisotopic (exact) mass is 270 g/mol. The van der Waals surface area contributed by atoms with Crippen molar-refractivity contribution in [3.63, 3.8) is 0 Å². The van der Waals surface area contributed by atoms with Crippen molar-refractivity contribution in [3.05, 3.63) is 27.6 Å². The van der Waals surface area contributed by atoms with Gasteiger partial charge >= 0.3 is 0 Å². The van der Waals surface area contributed by atoms with Crippen LogP contribution in [0.2, 0.25) is 0 Å². The summed E-state index contributed by atoms with van der Waals surface area (Å²) in [5, 5.41) is 6.82. The van der Waals surface area contributed by atoms with Gasteiger partial charge in [0, 0.05) is 17.7 Å². The number of aromatic nitrogens is 4. The average molecular weight is 271 g/mol. The second-order valence-electron chi connectivity index (χ2n) is 2.75. The summed E-state index contributed by atoms with van der Waals surface area (Å²) in [4.78, 5) is 4.23. The predicted octanol–water partition coefficient (Wildman–Crippen LogP) is 2.30. The molecule has 0 unspecified atom stereocenters. The first-order chi connectivity index (χ1) is 6.70. The molecule has 14 heavy (non-hydrogen) atoms. The van der Waals surface area contributed by atoms with Crippen LogP contribution in [0.3, 0.4) is 0 Å². The molecule has 0 amide bonds. The van der Waals surface area contributed by atoms with E-state index in [1.165, 1.54) is 0 Å². The topological polar surface area (TPSA) is 46.5 Å². The molecule has 2 rings (SSSR count). The quantitative estimate of drug-likeness (QED) is 0.809. The maximum Gasteiger partial charge on any atom is 0.195 e. The van der Waals surface area contributed by atoms with Gasteiger partial charge in [-0.1, -0.05) is 0 Å². The maximum absolute atomic E-state index is 5.02. The molecule has 0 fully saturated rings. The normalized spacial score (nSPS) is 10.4. The zero-order valence-corrected chi connectivity index (χ0v) is 9.76. The lowest BCUT2D eigenvalue weighted by atomic mass is 10.3. The molecule has 0 aliphatic carbocycles. The summed E-state index contributed by atoms with van der Waals surface area (Å²) in [6.07, 6.45) is 1.72. The lowest BCUT2D eigenvalue weighted by Gasteiger charge is -2.00. The van der Waals surface area contributed by atoms with Crippen molar-refractivity contribution in [2.24, 2.45) is 7.05 Å². The molecule has 2 aromatic rings. The minimum Gasteiger partial charge on any atom is -0.302 e. The van der Waals surface area contributed by atoms with E-state index in [1.54, 1.807) is 10.8 Å². The predicted molar refractivity (Wildman–Crippen MR) is 59.3 cm³/mol. The smallest absolute Gasteiger partial charge is 0.195 e. The van der Waals surface area contributed by atoms with Gasteiger partial charge in [-0.3, -0.25) is 10.1 Å². The van der Waals surface area contributed by atoms with Crippen molar-refractivity contribution in [2.45, 2.75) is 0 Å².